The van der Waals surface area contributed by atoms with Crippen molar-refractivity contribution in [2.45, 2.75) is 0 Å². The van der Waals surface area contributed by atoms with E-state index in [0.29, 0.717) is 0 Å². The van der Waals surface area contributed by atoms with Gasteiger partial charge >= 0.3 is 0 Å². The standard InChI is InChI=1S/C10H6FN3/c11-8-1-2-9-7(5-8)3-4-14-10(9)6-12-13-14/h1-6H. The predicted octanol–water partition coefficient (Wildman–Crippen LogP) is 2.02. The van der Waals surface area contributed by atoms with Gasteiger partial charge in [0.05, 0.1) is 11.7 Å². The lowest BCUT2D eigenvalue weighted by Crippen LogP contribution is -1.87. The van der Waals surface area contributed by atoms with Gasteiger partial charge in [0.2, 0.25) is 0 Å². The van der Waals surface area contributed by atoms with Crippen LogP contribution in [0.2, 0.25) is 0 Å². The average molecular weight is 187 g/mol. The van der Waals surface area contributed by atoms with E-state index in [4.69, 9.17) is 0 Å². The highest BCUT2D eigenvalue weighted by molar-refractivity contribution is 5.95. The van der Waals surface area contributed by atoms with Gasteiger partial charge < -0.3 is 0 Å². The van der Waals surface area contributed by atoms with Crippen LogP contribution in [-0.2, 0) is 0 Å². The molecule has 0 atom stereocenters. The van der Waals surface area contributed by atoms with E-state index in [1.165, 1.54) is 12.1 Å². The van der Waals surface area contributed by atoms with Crippen molar-refractivity contribution in [3.63, 3.8) is 0 Å². The molecule has 3 aromatic rings. The molecule has 2 aromatic heterocycles. The number of hydrogen-bond donors (Lipinski definition) is 0. The number of halogens is 1. The van der Waals surface area contributed by atoms with E-state index in [9.17, 15) is 4.39 Å². The Morgan fingerprint density at radius 2 is 2.14 bits per heavy atom. The first-order valence-electron chi connectivity index (χ1n) is 4.23. The molecule has 0 aliphatic carbocycles. The third kappa shape index (κ3) is 0.907. The Labute approximate surface area is 78.8 Å². The number of fused-ring (bicyclic) bond motifs is 3. The zero-order chi connectivity index (χ0) is 9.54. The Hall–Kier alpha value is -1.97. The lowest BCUT2D eigenvalue weighted by Gasteiger charge is -1.99. The Morgan fingerprint density at radius 3 is 3.07 bits per heavy atom. The van der Waals surface area contributed by atoms with E-state index < -0.39 is 0 Å². The Morgan fingerprint density at radius 1 is 1.21 bits per heavy atom. The van der Waals surface area contributed by atoms with Gasteiger partial charge in [0.25, 0.3) is 0 Å². The van der Waals surface area contributed by atoms with Crippen LogP contribution in [0.5, 0.6) is 0 Å². The van der Waals surface area contributed by atoms with Crippen LogP contribution in [-0.4, -0.2) is 14.8 Å². The first-order valence-corrected chi connectivity index (χ1v) is 4.23. The first kappa shape index (κ1) is 7.44. The van der Waals surface area contributed by atoms with E-state index in [1.54, 1.807) is 23.0 Å². The predicted molar refractivity (Wildman–Crippen MR) is 50.5 cm³/mol. The minimum Gasteiger partial charge on any atom is -0.220 e. The van der Waals surface area contributed by atoms with Crippen LogP contribution in [0.25, 0.3) is 16.3 Å². The maximum Gasteiger partial charge on any atom is 0.123 e. The largest absolute Gasteiger partial charge is 0.220 e. The van der Waals surface area contributed by atoms with Gasteiger partial charge in [-0.1, -0.05) is 5.21 Å². The summed E-state index contributed by atoms with van der Waals surface area (Å²) in [4.78, 5) is 0. The van der Waals surface area contributed by atoms with Gasteiger partial charge in [0, 0.05) is 11.6 Å². The summed E-state index contributed by atoms with van der Waals surface area (Å²) < 4.78 is 14.6. The zero-order valence-electron chi connectivity index (χ0n) is 7.18. The van der Waals surface area contributed by atoms with Crippen molar-refractivity contribution >= 4 is 16.3 Å². The van der Waals surface area contributed by atoms with Gasteiger partial charge in [0.15, 0.2) is 0 Å². The van der Waals surface area contributed by atoms with Gasteiger partial charge in [-0.2, -0.15) is 0 Å². The summed E-state index contributed by atoms with van der Waals surface area (Å²) in [6.45, 7) is 0. The first-order chi connectivity index (χ1) is 6.84. The second-order valence-corrected chi connectivity index (χ2v) is 3.11. The smallest absolute Gasteiger partial charge is 0.123 e. The summed E-state index contributed by atoms with van der Waals surface area (Å²) in [7, 11) is 0. The van der Waals surface area contributed by atoms with Gasteiger partial charge in [-0.15, -0.1) is 5.10 Å². The Kier molecular flexibility index (Phi) is 1.33. The van der Waals surface area contributed by atoms with Crippen LogP contribution in [0.1, 0.15) is 0 Å². The quantitative estimate of drug-likeness (QED) is 0.539. The fraction of sp³-hybridized carbons (Fsp3) is 0. The van der Waals surface area contributed by atoms with Crippen LogP contribution in [0.15, 0.2) is 36.7 Å². The van der Waals surface area contributed by atoms with Gasteiger partial charge in [-0.25, -0.2) is 8.91 Å². The molecule has 0 aliphatic heterocycles. The molecule has 3 rings (SSSR count). The van der Waals surface area contributed by atoms with Crippen molar-refractivity contribution in [1.82, 2.24) is 14.8 Å². The van der Waals surface area contributed by atoms with E-state index in [0.717, 1.165) is 16.3 Å². The summed E-state index contributed by atoms with van der Waals surface area (Å²) >= 11 is 0. The average Bonchev–Trinajstić information content (AvgIpc) is 2.65. The zero-order valence-corrected chi connectivity index (χ0v) is 7.18. The molecule has 0 fully saturated rings. The number of hydrogen-bond acceptors (Lipinski definition) is 2. The minimum absolute atomic E-state index is 0.227. The van der Waals surface area contributed by atoms with Crippen molar-refractivity contribution < 1.29 is 4.39 Å². The van der Waals surface area contributed by atoms with Crippen molar-refractivity contribution in [2.75, 3.05) is 0 Å². The van der Waals surface area contributed by atoms with Crippen molar-refractivity contribution in [3.8, 4) is 0 Å². The molecule has 4 heteroatoms. The third-order valence-corrected chi connectivity index (χ3v) is 2.26. The molecule has 68 valence electrons. The van der Waals surface area contributed by atoms with Gasteiger partial charge in [-0.3, -0.25) is 0 Å². The summed E-state index contributed by atoms with van der Waals surface area (Å²) in [5.74, 6) is -0.227. The minimum atomic E-state index is -0.227. The molecule has 0 saturated carbocycles. The highest BCUT2D eigenvalue weighted by Crippen LogP contribution is 2.19. The molecular formula is C10H6FN3. The summed E-state index contributed by atoms with van der Waals surface area (Å²) in [6, 6.07) is 6.50. The molecule has 0 amide bonds. The van der Waals surface area contributed by atoms with Gasteiger partial charge in [-0.05, 0) is 29.7 Å². The lowest BCUT2D eigenvalue weighted by atomic mass is 10.1. The SMILES string of the molecule is Fc1ccc2c(ccn3nncc23)c1. The van der Waals surface area contributed by atoms with E-state index in [1.807, 2.05) is 6.07 Å². The molecule has 0 bridgehead atoms. The highest BCUT2D eigenvalue weighted by Gasteiger charge is 2.01. The molecule has 0 unspecified atom stereocenters. The van der Waals surface area contributed by atoms with E-state index in [2.05, 4.69) is 10.3 Å². The molecular weight excluding hydrogens is 181 g/mol. The van der Waals surface area contributed by atoms with E-state index >= 15 is 0 Å². The molecule has 0 saturated heterocycles. The molecule has 1 aromatic carbocycles. The van der Waals surface area contributed by atoms with Crippen molar-refractivity contribution in [3.05, 3.63) is 42.5 Å². The van der Waals surface area contributed by atoms with Crippen LogP contribution in [0.4, 0.5) is 4.39 Å². The van der Waals surface area contributed by atoms with Crippen molar-refractivity contribution in [1.29, 1.82) is 0 Å². The Balaban J connectivity index is 2.57. The van der Waals surface area contributed by atoms with Crippen LogP contribution >= 0.6 is 0 Å². The second kappa shape index (κ2) is 2.51. The maximum absolute atomic E-state index is 12.9. The second-order valence-electron chi connectivity index (χ2n) is 3.11. The molecule has 2 heterocycles. The maximum atomic E-state index is 12.9. The number of nitrogens with zero attached hydrogens (tertiary/aromatic N) is 3. The molecule has 0 spiro atoms. The third-order valence-electron chi connectivity index (χ3n) is 2.26. The normalized spacial score (nSPS) is 11.2. The molecule has 3 nitrogen and oxygen atoms in total. The van der Waals surface area contributed by atoms with Gasteiger partial charge in [0.1, 0.15) is 5.82 Å². The summed E-state index contributed by atoms with van der Waals surface area (Å²) in [6.07, 6.45) is 3.43. The summed E-state index contributed by atoms with van der Waals surface area (Å²) in [5, 5.41) is 9.48. The van der Waals surface area contributed by atoms with Crippen LogP contribution < -0.4 is 0 Å². The highest BCUT2D eigenvalue weighted by atomic mass is 19.1. The molecule has 0 radical (unpaired) electrons. The molecule has 14 heavy (non-hydrogen) atoms. The number of rotatable bonds is 0. The number of benzene rings is 1. The van der Waals surface area contributed by atoms with E-state index in [-0.39, 0.29) is 5.82 Å². The topological polar surface area (TPSA) is 30.2 Å². The van der Waals surface area contributed by atoms with Crippen LogP contribution in [0, 0.1) is 5.82 Å². The number of pyridine rings is 1. The molecule has 0 N–H and O–H groups in total. The fourth-order valence-corrected chi connectivity index (χ4v) is 1.60. The molecule has 0 aliphatic rings. The monoisotopic (exact) mass is 187 g/mol. The Bertz CT molecular complexity index is 615. The number of aromatic nitrogens is 3. The van der Waals surface area contributed by atoms with Crippen molar-refractivity contribution in [2.24, 2.45) is 0 Å². The lowest BCUT2D eigenvalue weighted by molar-refractivity contribution is 0.629. The fourth-order valence-electron chi connectivity index (χ4n) is 1.60. The van der Waals surface area contributed by atoms with Crippen LogP contribution in [0.3, 0.4) is 0 Å². The summed E-state index contributed by atoms with van der Waals surface area (Å²) in [5.41, 5.74) is 0.891.